The Hall–Kier alpha value is -0.700. The Morgan fingerprint density at radius 1 is 0.680 bits per heavy atom. The van der Waals surface area contributed by atoms with Crippen LogP contribution in [0.15, 0.2) is 12.2 Å². The molecule has 1 atom stereocenters. The van der Waals surface area contributed by atoms with Crippen LogP contribution in [-0.4, -0.2) is 0 Å². The molecule has 160 valence electrons. The third-order valence-corrected chi connectivity index (χ3v) is 2.33. The van der Waals surface area contributed by atoms with Crippen LogP contribution in [0.5, 0.6) is 0 Å². The molecule has 0 heterocycles. The second-order valence-corrected chi connectivity index (χ2v) is 3.89. The van der Waals surface area contributed by atoms with Gasteiger partial charge in [0, 0.05) is 0 Å². The summed E-state index contributed by atoms with van der Waals surface area (Å²) in [5.41, 5.74) is 1.32. The fraction of sp³-hybridized carbons (Fsp3) is 0.840. The van der Waals surface area contributed by atoms with Crippen molar-refractivity contribution in [2.45, 2.75) is 136 Å². The number of allylic oxidation sites excluding steroid dienone is 1. The molecule has 0 fully saturated rings. The molecule has 0 amide bonds. The van der Waals surface area contributed by atoms with E-state index in [1.807, 2.05) is 69.2 Å². The smallest absolute Gasteiger partial charge is 0.0237 e. The van der Waals surface area contributed by atoms with E-state index in [0.29, 0.717) is 0 Å². The lowest BCUT2D eigenvalue weighted by Crippen LogP contribution is -1.93. The molecular weight excluding hydrogens is 300 g/mol. The van der Waals surface area contributed by atoms with Crippen LogP contribution in [0, 0.1) is 18.8 Å². The minimum atomic E-state index is 0.727. The maximum atomic E-state index is 4.00. The van der Waals surface area contributed by atoms with Gasteiger partial charge >= 0.3 is 0 Å². The van der Waals surface area contributed by atoms with Crippen LogP contribution >= 0.6 is 0 Å². The van der Waals surface area contributed by atoms with Crippen LogP contribution in [0.25, 0.3) is 0 Å². The lowest BCUT2D eigenvalue weighted by Gasteiger charge is -2.08. The zero-order chi connectivity index (χ0) is 22.7. The van der Waals surface area contributed by atoms with Crippen molar-refractivity contribution >= 4 is 0 Å². The molecule has 0 aliphatic heterocycles. The van der Waals surface area contributed by atoms with Crippen LogP contribution in [0.3, 0.4) is 0 Å². The summed E-state index contributed by atoms with van der Waals surface area (Å²) in [5.74, 6) is 0.727. The van der Waals surface area contributed by atoms with Crippen molar-refractivity contribution in [3.63, 3.8) is 0 Å². The van der Waals surface area contributed by atoms with Gasteiger partial charge in [0.2, 0.25) is 0 Å². The van der Waals surface area contributed by atoms with Crippen LogP contribution in [0.2, 0.25) is 0 Å². The zero-order valence-corrected chi connectivity index (χ0v) is 21.5. The number of terminal acetylenes is 1. The Labute approximate surface area is 167 Å². The van der Waals surface area contributed by atoms with Crippen molar-refractivity contribution in [2.75, 3.05) is 0 Å². The fourth-order valence-corrected chi connectivity index (χ4v) is 0.757. The van der Waals surface area contributed by atoms with Crippen molar-refractivity contribution in [3.05, 3.63) is 12.2 Å². The fourth-order valence-electron chi connectivity index (χ4n) is 0.757. The van der Waals surface area contributed by atoms with E-state index in [1.54, 1.807) is 0 Å². The molecule has 0 radical (unpaired) electrons. The summed E-state index contributed by atoms with van der Waals surface area (Å²) in [4.78, 5) is 0. The molecule has 0 N–H and O–H groups in total. The Morgan fingerprint density at radius 3 is 1.04 bits per heavy atom. The molecule has 0 aromatic carbocycles. The van der Waals surface area contributed by atoms with E-state index in [1.165, 1.54) is 37.7 Å². The van der Waals surface area contributed by atoms with Crippen molar-refractivity contribution in [1.29, 1.82) is 0 Å². The number of hydrogen-bond donors (Lipinski definition) is 0. The summed E-state index contributed by atoms with van der Waals surface area (Å²) < 4.78 is 0. The van der Waals surface area contributed by atoms with E-state index in [9.17, 15) is 0 Å². The van der Waals surface area contributed by atoms with E-state index in [2.05, 4.69) is 54.0 Å². The highest BCUT2D eigenvalue weighted by Gasteiger charge is 1.99. The summed E-state index contributed by atoms with van der Waals surface area (Å²) in [6.45, 7) is 34.9. The molecule has 0 aliphatic carbocycles. The molecule has 0 heteroatoms. The molecule has 0 saturated carbocycles. The van der Waals surface area contributed by atoms with Crippen molar-refractivity contribution in [3.8, 4) is 12.8 Å². The summed E-state index contributed by atoms with van der Waals surface area (Å²) in [6, 6.07) is 0. The van der Waals surface area contributed by atoms with E-state index < -0.39 is 0 Å². The van der Waals surface area contributed by atoms with Gasteiger partial charge in [0.15, 0.2) is 0 Å². The van der Waals surface area contributed by atoms with Gasteiger partial charge in [-0.05, 0) is 19.3 Å². The molecule has 0 bridgehead atoms. The van der Waals surface area contributed by atoms with Crippen LogP contribution < -0.4 is 0 Å². The minimum Gasteiger partial charge on any atom is -0.124 e. The summed E-state index contributed by atoms with van der Waals surface area (Å²) >= 11 is 0. The van der Waals surface area contributed by atoms with Gasteiger partial charge in [0.1, 0.15) is 0 Å². The van der Waals surface area contributed by atoms with Crippen molar-refractivity contribution in [2.24, 2.45) is 5.92 Å². The lowest BCUT2D eigenvalue weighted by molar-refractivity contribution is 0.573. The minimum absolute atomic E-state index is 0.727. The first-order valence-electron chi connectivity index (χ1n) is 11.1. The highest BCUT2D eigenvalue weighted by molar-refractivity contribution is 4.93. The highest BCUT2D eigenvalue weighted by atomic mass is 14.0. The predicted octanol–water partition coefficient (Wildman–Crippen LogP) is 10.6. The molecule has 0 nitrogen and oxygen atoms in total. The maximum absolute atomic E-state index is 4.00. The zero-order valence-electron chi connectivity index (χ0n) is 21.5. The molecule has 0 unspecified atom stereocenters. The third kappa shape index (κ3) is 153. The third-order valence-electron chi connectivity index (χ3n) is 2.33. The van der Waals surface area contributed by atoms with Gasteiger partial charge in [-0.25, -0.2) is 0 Å². The summed E-state index contributed by atoms with van der Waals surface area (Å²) in [5, 5.41) is 0. The highest BCUT2D eigenvalue weighted by Crippen LogP contribution is 2.14. The molecule has 0 aromatic heterocycles. The van der Waals surface area contributed by atoms with Gasteiger partial charge < -0.3 is 0 Å². The largest absolute Gasteiger partial charge is 0.124 e. The standard InChI is InChI=1S/C9H18.C4H10.5C2H6.C2H2/c1-5-6-7-9(4)8(2)3;1-3-4-2;6*1-2/h9H,2,5-7H2,1,3-4H3;3-4H2,1-2H3;5*1-2H3;1-2H/t9-;;;;;;;/m0......./s1. The summed E-state index contributed by atoms with van der Waals surface area (Å²) in [7, 11) is 0. The molecule has 0 aromatic rings. The topological polar surface area (TPSA) is 0 Å². The molecule has 0 rings (SSSR count). The average molecular weight is 361 g/mol. The molecule has 0 saturated heterocycles. The number of rotatable bonds is 5. The van der Waals surface area contributed by atoms with E-state index in [4.69, 9.17) is 0 Å². The number of unbranched alkanes of at least 4 members (excludes halogenated alkanes) is 2. The van der Waals surface area contributed by atoms with Gasteiger partial charge in [-0.3, -0.25) is 0 Å². The monoisotopic (exact) mass is 360 g/mol. The van der Waals surface area contributed by atoms with Gasteiger partial charge in [0.25, 0.3) is 0 Å². The lowest BCUT2D eigenvalue weighted by atomic mass is 9.98. The Bertz CT molecular complexity index is 128. The van der Waals surface area contributed by atoms with Crippen molar-refractivity contribution < 1.29 is 0 Å². The van der Waals surface area contributed by atoms with Gasteiger partial charge in [-0.1, -0.05) is 135 Å². The average Bonchev–Trinajstić information content (AvgIpc) is 2.75. The van der Waals surface area contributed by atoms with Crippen LogP contribution in [0.4, 0.5) is 0 Å². The van der Waals surface area contributed by atoms with E-state index >= 15 is 0 Å². The molecule has 25 heavy (non-hydrogen) atoms. The van der Waals surface area contributed by atoms with Gasteiger partial charge in [-0.2, -0.15) is 0 Å². The first-order chi connectivity index (χ1) is 12.1. The number of hydrogen-bond acceptors (Lipinski definition) is 0. The predicted molar refractivity (Wildman–Crippen MR) is 131 cm³/mol. The molecule has 0 spiro atoms. The Kier molecular flexibility index (Phi) is 217. The second kappa shape index (κ2) is 109. The van der Waals surface area contributed by atoms with Gasteiger partial charge in [0.05, 0.1) is 0 Å². The molecule has 0 aliphatic rings. The van der Waals surface area contributed by atoms with Gasteiger partial charge in [-0.15, -0.1) is 12.8 Å². The summed E-state index contributed by atoms with van der Waals surface area (Å²) in [6.07, 6.45) is 14.6. The first kappa shape index (κ1) is 49.7. The van der Waals surface area contributed by atoms with E-state index in [0.717, 1.165) is 5.92 Å². The normalized spacial score (nSPS) is 7.24. The Balaban J connectivity index is -0.0000000256. The SMILES string of the molecule is C#C.C=C(C)[C@@H](C)CCCC.CC.CC.CC.CC.CC.CCCC. The second-order valence-electron chi connectivity index (χ2n) is 3.89. The van der Waals surface area contributed by atoms with Crippen LogP contribution in [-0.2, 0) is 0 Å². The molecular formula is C25H60. The maximum Gasteiger partial charge on any atom is -0.0237 e. The van der Waals surface area contributed by atoms with E-state index in [-0.39, 0.29) is 0 Å². The Morgan fingerprint density at radius 2 is 0.920 bits per heavy atom. The first-order valence-corrected chi connectivity index (χ1v) is 11.1. The van der Waals surface area contributed by atoms with Crippen LogP contribution in [0.1, 0.15) is 136 Å². The quantitative estimate of drug-likeness (QED) is 0.338. The van der Waals surface area contributed by atoms with Crippen molar-refractivity contribution in [1.82, 2.24) is 0 Å².